The number of rotatable bonds is 12. The third-order valence-corrected chi connectivity index (χ3v) is 8.07. The Morgan fingerprint density at radius 2 is 1.62 bits per heavy atom. The van der Waals surface area contributed by atoms with Crippen LogP contribution in [0.2, 0.25) is 0 Å². The van der Waals surface area contributed by atoms with Gasteiger partial charge in [-0.1, -0.05) is 20.3 Å². The van der Waals surface area contributed by atoms with Crippen LogP contribution >= 0.6 is 12.4 Å². The van der Waals surface area contributed by atoms with Gasteiger partial charge in [0.25, 0.3) is 0 Å². The topological polar surface area (TPSA) is 92.4 Å². The van der Waals surface area contributed by atoms with Crippen LogP contribution in [0.25, 0.3) is 0 Å². The molecule has 4 N–H and O–H groups in total. The zero-order valence-electron chi connectivity index (χ0n) is 18.2. The number of halogens is 1. The molecule has 3 atom stereocenters. The molecule has 4 aliphatic carbocycles. The molecule has 4 saturated carbocycles. The second kappa shape index (κ2) is 10.5. The SMILES string of the molecule is CCCC(CN[C@@H](CC)C(N)=O)C(CCC12CC3CC(CC(C3)C1)C2)C(=O)O.Cl. The summed E-state index contributed by atoms with van der Waals surface area (Å²) in [6.07, 6.45) is 12.6. The second-order valence-corrected chi connectivity index (χ2v) is 10.2. The number of hydrogen-bond donors (Lipinski definition) is 3. The van der Waals surface area contributed by atoms with Gasteiger partial charge in [-0.3, -0.25) is 9.59 Å². The lowest BCUT2D eigenvalue weighted by Gasteiger charge is -2.57. The average molecular weight is 429 g/mol. The van der Waals surface area contributed by atoms with Crippen LogP contribution in [0.3, 0.4) is 0 Å². The Morgan fingerprint density at radius 1 is 1.07 bits per heavy atom. The summed E-state index contributed by atoms with van der Waals surface area (Å²) in [4.78, 5) is 23.7. The lowest BCUT2D eigenvalue weighted by atomic mass is 9.48. The predicted octanol–water partition coefficient (Wildman–Crippen LogP) is 4.38. The van der Waals surface area contributed by atoms with Crippen molar-refractivity contribution in [2.24, 2.45) is 40.7 Å². The highest BCUT2D eigenvalue weighted by molar-refractivity contribution is 5.85. The van der Waals surface area contributed by atoms with E-state index in [4.69, 9.17) is 5.73 Å². The fourth-order valence-electron chi connectivity index (χ4n) is 7.17. The third kappa shape index (κ3) is 5.88. The van der Waals surface area contributed by atoms with E-state index in [9.17, 15) is 14.7 Å². The van der Waals surface area contributed by atoms with Gasteiger partial charge in [-0.2, -0.15) is 0 Å². The van der Waals surface area contributed by atoms with E-state index >= 15 is 0 Å². The Bertz CT molecular complexity index is 533. The van der Waals surface area contributed by atoms with Gasteiger partial charge >= 0.3 is 5.97 Å². The lowest BCUT2D eigenvalue weighted by Crippen LogP contribution is -2.47. The highest BCUT2D eigenvalue weighted by Gasteiger charge is 2.50. The molecule has 1 amide bonds. The number of hydrogen-bond acceptors (Lipinski definition) is 3. The maximum Gasteiger partial charge on any atom is 0.306 e. The van der Waals surface area contributed by atoms with Crippen molar-refractivity contribution < 1.29 is 14.7 Å². The van der Waals surface area contributed by atoms with E-state index < -0.39 is 5.97 Å². The van der Waals surface area contributed by atoms with Gasteiger partial charge in [0.2, 0.25) is 5.91 Å². The predicted molar refractivity (Wildman–Crippen MR) is 118 cm³/mol. The fourth-order valence-corrected chi connectivity index (χ4v) is 7.17. The van der Waals surface area contributed by atoms with Crippen molar-refractivity contribution in [1.82, 2.24) is 5.32 Å². The number of nitrogens with two attached hydrogens (primary N) is 1. The average Bonchev–Trinajstić information content (AvgIpc) is 2.60. The van der Waals surface area contributed by atoms with Crippen molar-refractivity contribution in [3.63, 3.8) is 0 Å². The van der Waals surface area contributed by atoms with Crippen molar-refractivity contribution in [3.05, 3.63) is 0 Å². The van der Waals surface area contributed by atoms with Gasteiger partial charge in [0, 0.05) is 0 Å². The number of carbonyl (C=O) groups excluding carboxylic acids is 1. The van der Waals surface area contributed by atoms with Crippen LogP contribution in [-0.2, 0) is 9.59 Å². The summed E-state index contributed by atoms with van der Waals surface area (Å²) in [5, 5.41) is 13.2. The Hall–Kier alpha value is -0.810. The van der Waals surface area contributed by atoms with Crippen molar-refractivity contribution in [3.8, 4) is 0 Å². The van der Waals surface area contributed by atoms with E-state index in [-0.39, 0.29) is 36.2 Å². The minimum atomic E-state index is -0.669. The standard InChI is InChI=1S/C23H40N2O3.ClH/c1-3-5-18(14-25-20(4-2)21(24)26)19(22(27)28)6-7-23-11-15-8-16(12-23)10-17(9-15)13-23;/h15-20,25H,3-14H2,1-2H3,(H2,24,26)(H,27,28);1H/t15?,16?,17?,18?,19?,20-,23?;/m0./s1. The van der Waals surface area contributed by atoms with Gasteiger partial charge in [-0.25, -0.2) is 0 Å². The Morgan fingerprint density at radius 3 is 2.03 bits per heavy atom. The molecule has 0 aromatic rings. The molecule has 4 bridgehead atoms. The lowest BCUT2D eigenvalue weighted by molar-refractivity contribution is -0.145. The largest absolute Gasteiger partial charge is 0.481 e. The highest BCUT2D eigenvalue weighted by Crippen LogP contribution is 2.61. The fraction of sp³-hybridized carbons (Fsp3) is 0.913. The number of amides is 1. The van der Waals surface area contributed by atoms with Crippen LogP contribution in [0.5, 0.6) is 0 Å². The van der Waals surface area contributed by atoms with Crippen LogP contribution in [0.15, 0.2) is 0 Å². The maximum atomic E-state index is 12.2. The van der Waals surface area contributed by atoms with Crippen LogP contribution in [0, 0.1) is 35.0 Å². The first-order chi connectivity index (χ1) is 13.4. The normalized spacial score (nSPS) is 33.0. The molecule has 4 fully saturated rings. The molecule has 0 aliphatic heterocycles. The zero-order valence-corrected chi connectivity index (χ0v) is 19.0. The summed E-state index contributed by atoms with van der Waals surface area (Å²) in [7, 11) is 0. The van der Waals surface area contributed by atoms with Crippen molar-refractivity contribution in [1.29, 1.82) is 0 Å². The molecule has 0 radical (unpaired) electrons. The molecular formula is C23H41ClN2O3. The van der Waals surface area contributed by atoms with E-state index in [0.29, 0.717) is 18.4 Å². The number of primary amides is 1. The quantitative estimate of drug-likeness (QED) is 0.430. The molecule has 168 valence electrons. The van der Waals surface area contributed by atoms with Crippen LogP contribution in [-0.4, -0.2) is 29.6 Å². The van der Waals surface area contributed by atoms with Gasteiger partial charge in [0.15, 0.2) is 0 Å². The Balaban J connectivity index is 0.00000300. The third-order valence-electron chi connectivity index (χ3n) is 8.07. The minimum absolute atomic E-state index is 0. The smallest absolute Gasteiger partial charge is 0.306 e. The molecule has 4 rings (SSSR count). The zero-order chi connectivity index (χ0) is 20.3. The maximum absolute atomic E-state index is 12.2. The number of carboxylic acid groups (broad SMARTS) is 1. The van der Waals surface area contributed by atoms with Gasteiger partial charge in [0.1, 0.15) is 0 Å². The first-order valence-electron chi connectivity index (χ1n) is 11.6. The molecule has 0 saturated heterocycles. The molecule has 0 spiro atoms. The van der Waals surface area contributed by atoms with Crippen molar-refractivity contribution in [2.45, 2.75) is 90.5 Å². The second-order valence-electron chi connectivity index (χ2n) is 10.2. The number of aliphatic carboxylic acids is 1. The molecule has 0 heterocycles. The first kappa shape index (κ1) is 24.5. The molecule has 29 heavy (non-hydrogen) atoms. The molecular weight excluding hydrogens is 388 g/mol. The molecule has 2 unspecified atom stereocenters. The van der Waals surface area contributed by atoms with Crippen molar-refractivity contribution >= 4 is 24.3 Å². The first-order valence-corrected chi connectivity index (χ1v) is 11.6. The van der Waals surface area contributed by atoms with E-state index in [1.165, 1.54) is 38.5 Å². The van der Waals surface area contributed by atoms with E-state index in [1.54, 1.807) is 0 Å². The van der Waals surface area contributed by atoms with E-state index in [2.05, 4.69) is 12.2 Å². The van der Waals surface area contributed by atoms with Crippen LogP contribution in [0.1, 0.15) is 84.5 Å². The van der Waals surface area contributed by atoms with Gasteiger partial charge < -0.3 is 16.2 Å². The molecule has 5 nitrogen and oxygen atoms in total. The van der Waals surface area contributed by atoms with Crippen molar-refractivity contribution in [2.75, 3.05) is 6.54 Å². The molecule has 4 aliphatic rings. The number of carboxylic acids is 1. The Kier molecular flexibility index (Phi) is 8.84. The molecule has 0 aromatic heterocycles. The van der Waals surface area contributed by atoms with Crippen LogP contribution in [0.4, 0.5) is 0 Å². The molecule has 6 heteroatoms. The summed E-state index contributed by atoms with van der Waals surface area (Å²) in [5.74, 6) is 1.43. The van der Waals surface area contributed by atoms with Crippen LogP contribution < -0.4 is 11.1 Å². The monoisotopic (exact) mass is 428 g/mol. The van der Waals surface area contributed by atoms with Gasteiger partial charge in [-0.15, -0.1) is 12.4 Å². The van der Waals surface area contributed by atoms with E-state index in [1.807, 2.05) is 6.92 Å². The minimum Gasteiger partial charge on any atom is -0.481 e. The van der Waals surface area contributed by atoms with E-state index in [0.717, 1.165) is 43.4 Å². The number of carbonyl (C=O) groups is 2. The molecule has 0 aromatic carbocycles. The number of nitrogens with one attached hydrogen (secondary N) is 1. The van der Waals surface area contributed by atoms with Gasteiger partial charge in [-0.05, 0) is 99.8 Å². The highest BCUT2D eigenvalue weighted by atomic mass is 35.5. The summed E-state index contributed by atoms with van der Waals surface area (Å²) in [6.45, 7) is 4.60. The summed E-state index contributed by atoms with van der Waals surface area (Å²) >= 11 is 0. The van der Waals surface area contributed by atoms with Gasteiger partial charge in [0.05, 0.1) is 12.0 Å². The summed E-state index contributed by atoms with van der Waals surface area (Å²) in [5.41, 5.74) is 5.88. The summed E-state index contributed by atoms with van der Waals surface area (Å²) in [6, 6.07) is -0.364. The Labute approximate surface area is 182 Å². The summed E-state index contributed by atoms with van der Waals surface area (Å²) < 4.78 is 0.